The van der Waals surface area contributed by atoms with Crippen LogP contribution in [0.5, 0.6) is 0 Å². The number of hydrogen-bond donors (Lipinski definition) is 2. The Morgan fingerprint density at radius 3 is 2.74 bits per heavy atom. The molecule has 1 saturated carbocycles. The zero-order valence-corrected chi connectivity index (χ0v) is 12.5. The lowest BCUT2D eigenvalue weighted by atomic mass is 9.87. The van der Waals surface area contributed by atoms with Crippen molar-refractivity contribution in [3.63, 3.8) is 0 Å². The minimum Gasteiger partial charge on any atom is -0.393 e. The molecule has 0 spiro atoms. The number of rotatable bonds is 4. The molecule has 3 unspecified atom stereocenters. The van der Waals surface area contributed by atoms with Crippen LogP contribution in [0.4, 0.5) is 0 Å². The summed E-state index contributed by atoms with van der Waals surface area (Å²) in [7, 11) is -3.33. The van der Waals surface area contributed by atoms with Gasteiger partial charge in [0.15, 0.2) is 0 Å². The monoisotopic (exact) mass is 290 g/mol. The van der Waals surface area contributed by atoms with Crippen LogP contribution in [0, 0.1) is 11.8 Å². The lowest BCUT2D eigenvalue weighted by Crippen LogP contribution is -2.47. The molecule has 0 bridgehead atoms. The number of aliphatic hydroxyl groups excluding tert-OH is 1. The molecular weight excluding hydrogens is 264 g/mol. The van der Waals surface area contributed by atoms with Crippen molar-refractivity contribution in [2.75, 3.05) is 19.6 Å². The number of nitrogens with one attached hydrogen (secondary N) is 1. The summed E-state index contributed by atoms with van der Waals surface area (Å²) in [5.74, 6) is 0.725. The molecule has 1 aliphatic heterocycles. The van der Waals surface area contributed by atoms with Gasteiger partial charge in [-0.2, -0.15) is 12.7 Å². The molecule has 1 saturated heterocycles. The van der Waals surface area contributed by atoms with Gasteiger partial charge in [0.2, 0.25) is 0 Å². The molecule has 112 valence electrons. The van der Waals surface area contributed by atoms with Gasteiger partial charge in [-0.3, -0.25) is 0 Å². The molecule has 1 heterocycles. The van der Waals surface area contributed by atoms with E-state index in [4.69, 9.17) is 0 Å². The van der Waals surface area contributed by atoms with Crippen molar-refractivity contribution in [1.82, 2.24) is 9.03 Å². The Bertz CT molecular complexity index is 385. The Morgan fingerprint density at radius 1 is 1.26 bits per heavy atom. The largest absolute Gasteiger partial charge is 0.393 e. The first-order chi connectivity index (χ1) is 8.97. The van der Waals surface area contributed by atoms with E-state index in [9.17, 15) is 13.5 Å². The van der Waals surface area contributed by atoms with Gasteiger partial charge >= 0.3 is 0 Å². The Morgan fingerprint density at radius 2 is 2.05 bits per heavy atom. The highest BCUT2D eigenvalue weighted by Gasteiger charge is 2.28. The maximum absolute atomic E-state index is 12.2. The molecule has 2 aliphatic rings. The average molecular weight is 290 g/mol. The van der Waals surface area contributed by atoms with Gasteiger partial charge in [0.05, 0.1) is 6.10 Å². The van der Waals surface area contributed by atoms with E-state index in [0.717, 1.165) is 38.5 Å². The summed E-state index contributed by atoms with van der Waals surface area (Å²) >= 11 is 0. The summed E-state index contributed by atoms with van der Waals surface area (Å²) in [5, 5.41) is 9.60. The van der Waals surface area contributed by atoms with Gasteiger partial charge in [-0.25, -0.2) is 4.72 Å². The number of aliphatic hydroxyl groups is 1. The third-order valence-corrected chi connectivity index (χ3v) is 5.81. The van der Waals surface area contributed by atoms with Gasteiger partial charge in [0, 0.05) is 19.6 Å². The maximum Gasteiger partial charge on any atom is 0.279 e. The summed E-state index contributed by atoms with van der Waals surface area (Å²) in [6, 6.07) is 0. The maximum atomic E-state index is 12.2. The first-order valence-electron chi connectivity index (χ1n) is 7.40. The molecule has 0 aromatic heterocycles. The van der Waals surface area contributed by atoms with Crippen molar-refractivity contribution >= 4 is 10.2 Å². The Labute approximate surface area is 116 Å². The van der Waals surface area contributed by atoms with Gasteiger partial charge < -0.3 is 5.11 Å². The van der Waals surface area contributed by atoms with Crippen LogP contribution in [-0.2, 0) is 10.2 Å². The zero-order chi connectivity index (χ0) is 13.9. The fourth-order valence-corrected chi connectivity index (χ4v) is 4.58. The lowest BCUT2D eigenvalue weighted by Gasteiger charge is -2.31. The molecular formula is C13H26N2O3S. The van der Waals surface area contributed by atoms with E-state index in [1.807, 2.05) is 0 Å². The van der Waals surface area contributed by atoms with E-state index in [2.05, 4.69) is 11.6 Å². The molecule has 3 atom stereocenters. The van der Waals surface area contributed by atoms with E-state index in [0.29, 0.717) is 25.6 Å². The van der Waals surface area contributed by atoms with Crippen molar-refractivity contribution in [3.8, 4) is 0 Å². The standard InChI is InChI=1S/C13H26N2O3S/c1-11-4-3-7-15(10-11)19(17,18)14-9-12-5-2-6-13(16)8-12/h11-14,16H,2-10H2,1H3. The first kappa shape index (κ1) is 15.2. The molecule has 0 aromatic carbocycles. The molecule has 0 aromatic rings. The minimum atomic E-state index is -3.33. The van der Waals surface area contributed by atoms with E-state index >= 15 is 0 Å². The second-order valence-corrected chi connectivity index (χ2v) is 7.90. The molecule has 1 aliphatic carbocycles. The summed E-state index contributed by atoms with van der Waals surface area (Å²) < 4.78 is 28.7. The van der Waals surface area contributed by atoms with Crippen molar-refractivity contribution < 1.29 is 13.5 Å². The fourth-order valence-electron chi connectivity index (χ4n) is 3.13. The normalized spacial score (nSPS) is 34.3. The van der Waals surface area contributed by atoms with Crippen LogP contribution in [0.1, 0.15) is 45.4 Å². The van der Waals surface area contributed by atoms with Crippen molar-refractivity contribution in [2.24, 2.45) is 11.8 Å². The minimum absolute atomic E-state index is 0.252. The summed E-state index contributed by atoms with van der Waals surface area (Å²) in [6.45, 7) is 3.82. The molecule has 6 heteroatoms. The zero-order valence-electron chi connectivity index (χ0n) is 11.7. The molecule has 0 radical (unpaired) electrons. The second-order valence-electron chi connectivity index (χ2n) is 6.15. The van der Waals surface area contributed by atoms with Gasteiger partial charge in [0.1, 0.15) is 0 Å². The highest BCUT2D eigenvalue weighted by atomic mass is 32.2. The third-order valence-electron chi connectivity index (χ3n) is 4.27. The van der Waals surface area contributed by atoms with Crippen LogP contribution >= 0.6 is 0 Å². The van der Waals surface area contributed by atoms with Gasteiger partial charge in [-0.1, -0.05) is 13.3 Å². The topological polar surface area (TPSA) is 69.6 Å². The Hall–Kier alpha value is -0.170. The highest BCUT2D eigenvalue weighted by molar-refractivity contribution is 7.87. The summed E-state index contributed by atoms with van der Waals surface area (Å²) in [5.41, 5.74) is 0. The Balaban J connectivity index is 1.83. The average Bonchev–Trinajstić information content (AvgIpc) is 2.37. The summed E-state index contributed by atoms with van der Waals surface area (Å²) in [6.07, 6.45) is 5.39. The van der Waals surface area contributed by atoms with E-state index < -0.39 is 10.2 Å². The van der Waals surface area contributed by atoms with Gasteiger partial charge in [-0.15, -0.1) is 0 Å². The van der Waals surface area contributed by atoms with Crippen molar-refractivity contribution in [1.29, 1.82) is 0 Å². The molecule has 5 nitrogen and oxygen atoms in total. The SMILES string of the molecule is CC1CCCN(S(=O)(=O)NCC2CCCC(O)C2)C1. The fraction of sp³-hybridized carbons (Fsp3) is 1.00. The number of nitrogens with zero attached hydrogens (tertiary/aromatic N) is 1. The number of piperidine rings is 1. The quantitative estimate of drug-likeness (QED) is 0.814. The van der Waals surface area contributed by atoms with Crippen LogP contribution < -0.4 is 4.72 Å². The second kappa shape index (κ2) is 6.52. The van der Waals surface area contributed by atoms with Crippen LogP contribution in [0.25, 0.3) is 0 Å². The van der Waals surface area contributed by atoms with Crippen molar-refractivity contribution in [3.05, 3.63) is 0 Å². The molecule has 2 fully saturated rings. The van der Waals surface area contributed by atoms with Crippen LogP contribution in [0.3, 0.4) is 0 Å². The smallest absolute Gasteiger partial charge is 0.279 e. The number of hydrogen-bond acceptors (Lipinski definition) is 3. The summed E-state index contributed by atoms with van der Waals surface area (Å²) in [4.78, 5) is 0. The molecule has 0 amide bonds. The van der Waals surface area contributed by atoms with Crippen LogP contribution in [-0.4, -0.2) is 43.6 Å². The van der Waals surface area contributed by atoms with E-state index in [-0.39, 0.29) is 12.0 Å². The first-order valence-corrected chi connectivity index (χ1v) is 8.84. The van der Waals surface area contributed by atoms with Crippen LogP contribution in [0.15, 0.2) is 0 Å². The van der Waals surface area contributed by atoms with Crippen LogP contribution in [0.2, 0.25) is 0 Å². The van der Waals surface area contributed by atoms with E-state index in [1.54, 1.807) is 4.31 Å². The Kier molecular flexibility index (Phi) is 5.22. The van der Waals surface area contributed by atoms with Crippen molar-refractivity contribution in [2.45, 2.75) is 51.6 Å². The lowest BCUT2D eigenvalue weighted by molar-refractivity contribution is 0.102. The molecule has 19 heavy (non-hydrogen) atoms. The van der Waals surface area contributed by atoms with Gasteiger partial charge in [0.25, 0.3) is 10.2 Å². The van der Waals surface area contributed by atoms with Gasteiger partial charge in [-0.05, 0) is 43.9 Å². The molecule has 2 N–H and O–H groups in total. The predicted octanol–water partition coefficient (Wildman–Crippen LogP) is 1.10. The third kappa shape index (κ3) is 4.41. The molecule has 2 rings (SSSR count). The highest BCUT2D eigenvalue weighted by Crippen LogP contribution is 2.24. The predicted molar refractivity (Wildman–Crippen MR) is 74.9 cm³/mol. The van der Waals surface area contributed by atoms with E-state index in [1.165, 1.54) is 0 Å².